The summed E-state index contributed by atoms with van der Waals surface area (Å²) in [7, 11) is 0. The van der Waals surface area contributed by atoms with Crippen LogP contribution >= 0.6 is 0 Å². The number of nitrogens with zero attached hydrogens (tertiary/aromatic N) is 1. The molecule has 1 aliphatic rings. The second-order valence-electron chi connectivity index (χ2n) is 8.72. The number of carbonyl (C=O) groups is 2. The molecule has 6 heteroatoms. The highest BCUT2D eigenvalue weighted by Gasteiger charge is 2.32. The fourth-order valence-electron chi connectivity index (χ4n) is 4.56. The molecule has 0 atom stereocenters. The number of nitrogens with two attached hydrogens (primary N) is 1. The molecule has 3 aromatic carbocycles. The molecule has 1 aliphatic heterocycles. The first-order chi connectivity index (χ1) is 16.7. The summed E-state index contributed by atoms with van der Waals surface area (Å²) in [5.41, 5.74) is 8.82. The van der Waals surface area contributed by atoms with Crippen LogP contribution in [0.5, 0.6) is 0 Å². The average Bonchev–Trinajstić information content (AvgIpc) is 2.87. The van der Waals surface area contributed by atoms with E-state index in [9.17, 15) is 9.59 Å². The molecule has 0 aromatic heterocycles. The Morgan fingerprint density at radius 1 is 0.647 bits per heavy atom. The second kappa shape index (κ2) is 11.9. The number of rotatable bonds is 13. The monoisotopic (exact) mass is 458 g/mol. The van der Waals surface area contributed by atoms with Gasteiger partial charge in [0.15, 0.2) is 0 Å². The van der Waals surface area contributed by atoms with Crippen molar-refractivity contribution in [1.82, 2.24) is 15.5 Å². The first kappa shape index (κ1) is 24.1. The van der Waals surface area contributed by atoms with Crippen LogP contribution in [0.15, 0.2) is 60.7 Å². The molecule has 3 aromatic rings. The number of benzene rings is 3. The molecule has 6 nitrogen and oxygen atoms in total. The molecule has 1 heterocycles. The number of hydrogen-bond donors (Lipinski definition) is 3. The van der Waals surface area contributed by atoms with Gasteiger partial charge in [0, 0.05) is 23.1 Å². The van der Waals surface area contributed by atoms with Crippen molar-refractivity contribution in [3.8, 4) is 11.1 Å². The van der Waals surface area contributed by atoms with Crippen LogP contribution < -0.4 is 16.4 Å². The van der Waals surface area contributed by atoms with E-state index in [-0.39, 0.29) is 11.8 Å². The highest BCUT2D eigenvalue weighted by atomic mass is 16.2. The van der Waals surface area contributed by atoms with Crippen molar-refractivity contribution in [2.75, 3.05) is 39.3 Å². The highest BCUT2D eigenvalue weighted by molar-refractivity contribution is 6.26. The van der Waals surface area contributed by atoms with E-state index < -0.39 is 0 Å². The predicted molar refractivity (Wildman–Crippen MR) is 138 cm³/mol. The lowest BCUT2D eigenvalue weighted by molar-refractivity contribution is 0.0609. The van der Waals surface area contributed by atoms with Crippen molar-refractivity contribution >= 4 is 22.6 Å². The van der Waals surface area contributed by atoms with Gasteiger partial charge in [-0.05, 0) is 87.1 Å². The van der Waals surface area contributed by atoms with Crippen LogP contribution in [0.4, 0.5) is 0 Å². The van der Waals surface area contributed by atoms with E-state index in [1.807, 2.05) is 60.7 Å². The average molecular weight is 459 g/mol. The first-order valence-electron chi connectivity index (χ1n) is 12.3. The molecule has 0 bridgehead atoms. The van der Waals surface area contributed by atoms with Gasteiger partial charge in [0.1, 0.15) is 0 Å². The molecule has 4 N–H and O–H groups in total. The Labute approximate surface area is 201 Å². The maximum atomic E-state index is 13.2. The standard InChI is InChI=1S/C28H34N4O2/c29-15-7-18-30-16-4-5-17-31-19-8-20-32-27(33)24-12-6-11-23-22(21-9-2-1-3-10-21)13-14-25(26(23)24)28(32)34/h1-3,6,9-14,30-31H,4-5,7-8,15-20,29H2. The van der Waals surface area contributed by atoms with E-state index in [2.05, 4.69) is 10.6 Å². The van der Waals surface area contributed by atoms with Crippen LogP contribution in [0.1, 0.15) is 46.4 Å². The van der Waals surface area contributed by atoms with Crippen LogP contribution in [0.25, 0.3) is 21.9 Å². The maximum absolute atomic E-state index is 13.2. The van der Waals surface area contributed by atoms with Crippen LogP contribution in [0, 0.1) is 0 Å². The molecule has 0 spiro atoms. The number of nitrogens with one attached hydrogen (secondary N) is 2. The van der Waals surface area contributed by atoms with Gasteiger partial charge < -0.3 is 16.4 Å². The third kappa shape index (κ3) is 5.36. The van der Waals surface area contributed by atoms with Crippen molar-refractivity contribution in [3.63, 3.8) is 0 Å². The molecule has 0 radical (unpaired) electrons. The first-order valence-corrected chi connectivity index (χ1v) is 12.3. The maximum Gasteiger partial charge on any atom is 0.261 e. The lowest BCUT2D eigenvalue weighted by Gasteiger charge is -2.28. The van der Waals surface area contributed by atoms with Gasteiger partial charge >= 0.3 is 0 Å². The summed E-state index contributed by atoms with van der Waals surface area (Å²) in [6, 6.07) is 19.7. The van der Waals surface area contributed by atoms with Crippen LogP contribution in [-0.4, -0.2) is 56.0 Å². The van der Waals surface area contributed by atoms with Gasteiger partial charge in [0.25, 0.3) is 11.8 Å². The minimum atomic E-state index is -0.197. The van der Waals surface area contributed by atoms with E-state index in [0.717, 1.165) is 80.3 Å². The van der Waals surface area contributed by atoms with Crippen LogP contribution in [0.2, 0.25) is 0 Å². The number of hydrogen-bond acceptors (Lipinski definition) is 5. The highest BCUT2D eigenvalue weighted by Crippen LogP contribution is 2.36. The molecule has 34 heavy (non-hydrogen) atoms. The van der Waals surface area contributed by atoms with Crippen LogP contribution in [0.3, 0.4) is 0 Å². The number of amides is 2. The molecule has 4 rings (SSSR count). The van der Waals surface area contributed by atoms with Gasteiger partial charge in [0.2, 0.25) is 0 Å². The van der Waals surface area contributed by atoms with Gasteiger partial charge in [-0.1, -0.05) is 48.5 Å². The largest absolute Gasteiger partial charge is 0.330 e. The summed E-state index contributed by atoms with van der Waals surface area (Å²) >= 11 is 0. The smallest absolute Gasteiger partial charge is 0.261 e. The molecular formula is C28H34N4O2. The summed E-state index contributed by atoms with van der Waals surface area (Å²) in [4.78, 5) is 27.9. The Balaban J connectivity index is 1.35. The zero-order chi connectivity index (χ0) is 23.8. The lowest BCUT2D eigenvalue weighted by atomic mass is 9.89. The normalized spacial score (nSPS) is 13.1. The predicted octanol–water partition coefficient (Wildman–Crippen LogP) is 3.80. The summed E-state index contributed by atoms with van der Waals surface area (Å²) in [6.07, 6.45) is 3.96. The van der Waals surface area contributed by atoms with Crippen molar-refractivity contribution in [2.24, 2.45) is 5.73 Å². The SMILES string of the molecule is NCCCNCCCCNCCCN1C(=O)c2cccc3c(-c4ccccc4)ccc(c23)C1=O. The molecule has 0 saturated carbocycles. The Kier molecular flexibility index (Phi) is 8.41. The summed E-state index contributed by atoms with van der Waals surface area (Å²) < 4.78 is 0. The fourth-order valence-corrected chi connectivity index (χ4v) is 4.56. The van der Waals surface area contributed by atoms with Crippen molar-refractivity contribution in [1.29, 1.82) is 0 Å². The van der Waals surface area contributed by atoms with E-state index >= 15 is 0 Å². The van der Waals surface area contributed by atoms with E-state index in [4.69, 9.17) is 5.73 Å². The molecule has 0 fully saturated rings. The van der Waals surface area contributed by atoms with Crippen molar-refractivity contribution < 1.29 is 9.59 Å². The molecule has 0 saturated heterocycles. The van der Waals surface area contributed by atoms with Crippen molar-refractivity contribution in [3.05, 3.63) is 71.8 Å². The lowest BCUT2D eigenvalue weighted by Crippen LogP contribution is -2.41. The molecule has 2 amide bonds. The van der Waals surface area contributed by atoms with Gasteiger partial charge in [-0.25, -0.2) is 0 Å². The van der Waals surface area contributed by atoms with Crippen molar-refractivity contribution in [2.45, 2.75) is 25.7 Å². The molecular weight excluding hydrogens is 424 g/mol. The zero-order valence-electron chi connectivity index (χ0n) is 19.7. The Hall–Kier alpha value is -3.06. The Morgan fingerprint density at radius 3 is 1.97 bits per heavy atom. The zero-order valence-corrected chi connectivity index (χ0v) is 19.7. The fraction of sp³-hybridized carbons (Fsp3) is 0.357. The molecule has 0 unspecified atom stereocenters. The quantitative estimate of drug-likeness (QED) is 0.268. The van der Waals surface area contributed by atoms with E-state index in [0.29, 0.717) is 17.7 Å². The minimum Gasteiger partial charge on any atom is -0.330 e. The van der Waals surface area contributed by atoms with Gasteiger partial charge in [0.05, 0.1) is 0 Å². The van der Waals surface area contributed by atoms with E-state index in [1.54, 1.807) is 0 Å². The third-order valence-electron chi connectivity index (χ3n) is 6.33. The second-order valence-corrected chi connectivity index (χ2v) is 8.72. The Bertz CT molecular complexity index is 1110. The summed E-state index contributed by atoms with van der Waals surface area (Å²) in [5.74, 6) is -0.395. The Morgan fingerprint density at radius 2 is 1.26 bits per heavy atom. The summed E-state index contributed by atoms with van der Waals surface area (Å²) in [6.45, 7) is 4.85. The molecule has 178 valence electrons. The summed E-state index contributed by atoms with van der Waals surface area (Å²) in [5, 5.41) is 8.52. The topological polar surface area (TPSA) is 87.5 Å². The number of imide groups is 1. The number of unbranched alkanes of at least 4 members (excludes halogenated alkanes) is 1. The minimum absolute atomic E-state index is 0.197. The van der Waals surface area contributed by atoms with Gasteiger partial charge in [-0.3, -0.25) is 14.5 Å². The molecule has 0 aliphatic carbocycles. The van der Waals surface area contributed by atoms with Gasteiger partial charge in [-0.15, -0.1) is 0 Å². The van der Waals surface area contributed by atoms with Crippen LogP contribution in [-0.2, 0) is 0 Å². The third-order valence-corrected chi connectivity index (χ3v) is 6.33. The van der Waals surface area contributed by atoms with Gasteiger partial charge in [-0.2, -0.15) is 0 Å². The number of carbonyl (C=O) groups excluding carboxylic acids is 2. The van der Waals surface area contributed by atoms with E-state index in [1.165, 1.54) is 4.90 Å².